The molecule has 0 aliphatic rings. The third kappa shape index (κ3) is 5.27. The topological polar surface area (TPSA) is 38.3 Å². The predicted molar refractivity (Wildman–Crippen MR) is 102 cm³/mol. The van der Waals surface area contributed by atoms with Gasteiger partial charge in [0.15, 0.2) is 0 Å². The van der Waals surface area contributed by atoms with Crippen LogP contribution >= 0.6 is 15.9 Å². The van der Waals surface area contributed by atoms with Gasteiger partial charge in [-0.3, -0.25) is 4.79 Å². The van der Waals surface area contributed by atoms with E-state index in [1.54, 1.807) is 6.07 Å². The molecule has 0 fully saturated rings. The number of hydrogen-bond donors (Lipinski definition) is 1. The minimum absolute atomic E-state index is 0.0581. The first-order valence-electron chi connectivity index (χ1n) is 8.46. The lowest BCUT2D eigenvalue weighted by Gasteiger charge is -2.17. The van der Waals surface area contributed by atoms with E-state index in [0.717, 1.165) is 12.0 Å². The Balaban J connectivity index is 2.15. The van der Waals surface area contributed by atoms with Gasteiger partial charge in [0.1, 0.15) is 5.75 Å². The Hall–Kier alpha value is -1.95. The fraction of sp³-hybridized carbons (Fsp3) is 0.350. The van der Waals surface area contributed by atoms with E-state index in [1.165, 1.54) is 17.7 Å². The molecule has 1 N–H and O–H groups in total. The molecule has 3 nitrogen and oxygen atoms in total. The minimum Gasteiger partial charge on any atom is -0.434 e. The molecule has 0 aromatic heterocycles. The van der Waals surface area contributed by atoms with Crippen molar-refractivity contribution in [3.05, 3.63) is 63.6 Å². The van der Waals surface area contributed by atoms with Gasteiger partial charge in [0.25, 0.3) is 5.91 Å². The second-order valence-electron chi connectivity index (χ2n) is 6.19. The molecule has 140 valence electrons. The first-order chi connectivity index (χ1) is 12.3. The summed E-state index contributed by atoms with van der Waals surface area (Å²) in [7, 11) is 0. The molecule has 0 bridgehead atoms. The summed E-state index contributed by atoms with van der Waals surface area (Å²) in [5.41, 5.74) is 2.24. The number of nitrogens with one attached hydrogen (secondary N) is 1. The molecular formula is C20H22BrF2NO2. The molecule has 2 aromatic rings. The molecule has 0 aliphatic heterocycles. The lowest BCUT2D eigenvalue weighted by Crippen LogP contribution is -2.27. The Morgan fingerprint density at radius 2 is 1.73 bits per heavy atom. The Morgan fingerprint density at radius 1 is 1.12 bits per heavy atom. The number of carbonyl (C=O) groups is 1. The van der Waals surface area contributed by atoms with Gasteiger partial charge >= 0.3 is 6.61 Å². The van der Waals surface area contributed by atoms with E-state index in [4.69, 9.17) is 0 Å². The average Bonchev–Trinajstić information content (AvgIpc) is 2.62. The van der Waals surface area contributed by atoms with E-state index >= 15 is 0 Å². The second-order valence-corrected chi connectivity index (χ2v) is 7.11. The van der Waals surface area contributed by atoms with Gasteiger partial charge in [0.2, 0.25) is 0 Å². The molecule has 0 heterocycles. The summed E-state index contributed by atoms with van der Waals surface area (Å²) in [5.74, 6) is -0.148. The molecule has 0 saturated carbocycles. The van der Waals surface area contributed by atoms with Gasteiger partial charge in [-0.15, -0.1) is 0 Å². The molecule has 6 heteroatoms. The molecule has 2 aromatic carbocycles. The van der Waals surface area contributed by atoms with Crippen LogP contribution in [0.5, 0.6) is 5.75 Å². The molecule has 0 spiro atoms. The van der Waals surface area contributed by atoms with Crippen LogP contribution in [-0.2, 0) is 0 Å². The van der Waals surface area contributed by atoms with Crippen molar-refractivity contribution in [1.82, 2.24) is 5.32 Å². The molecular weight excluding hydrogens is 404 g/mol. The van der Waals surface area contributed by atoms with E-state index in [9.17, 15) is 13.6 Å². The number of carbonyl (C=O) groups excluding carboxylic acids is 1. The molecule has 0 saturated heterocycles. The van der Waals surface area contributed by atoms with Gasteiger partial charge < -0.3 is 10.1 Å². The summed E-state index contributed by atoms with van der Waals surface area (Å²) in [6, 6.07) is 12.1. The average molecular weight is 426 g/mol. The number of rotatable bonds is 7. The number of hydrogen-bond acceptors (Lipinski definition) is 2. The Morgan fingerprint density at radius 3 is 2.31 bits per heavy atom. The van der Waals surface area contributed by atoms with E-state index in [2.05, 4.69) is 52.0 Å². The standard InChI is InChI=1S/C20H22BrF2NO2/c1-4-12(2)14-5-7-15(8-6-14)13(3)24-19(25)17-11-16(21)9-10-18(17)26-20(22)23/h5-13,20H,4H2,1-3H3,(H,24,25)/t12-,13-/m0/s1. The number of ether oxygens (including phenoxy) is 1. The molecule has 2 atom stereocenters. The Bertz CT molecular complexity index is 750. The van der Waals surface area contributed by atoms with Crippen molar-refractivity contribution in [2.75, 3.05) is 0 Å². The molecule has 0 radical (unpaired) electrons. The van der Waals surface area contributed by atoms with E-state index in [1.807, 2.05) is 19.1 Å². The van der Waals surface area contributed by atoms with Crippen molar-refractivity contribution in [2.45, 2.75) is 45.8 Å². The molecule has 26 heavy (non-hydrogen) atoms. The predicted octanol–water partition coefficient (Wildman–Crippen LogP) is 6.06. The summed E-state index contributed by atoms with van der Waals surface area (Å²) in [4.78, 5) is 12.5. The zero-order valence-electron chi connectivity index (χ0n) is 14.9. The summed E-state index contributed by atoms with van der Waals surface area (Å²) in [6.07, 6.45) is 1.06. The lowest BCUT2D eigenvalue weighted by molar-refractivity contribution is -0.0501. The van der Waals surface area contributed by atoms with Crippen molar-refractivity contribution in [3.63, 3.8) is 0 Å². The first-order valence-corrected chi connectivity index (χ1v) is 9.26. The van der Waals surface area contributed by atoms with Crippen LogP contribution in [0.4, 0.5) is 8.78 Å². The highest BCUT2D eigenvalue weighted by atomic mass is 79.9. The van der Waals surface area contributed by atoms with Crippen molar-refractivity contribution in [2.24, 2.45) is 0 Å². The summed E-state index contributed by atoms with van der Waals surface area (Å²) in [6.45, 7) is 3.16. The zero-order valence-corrected chi connectivity index (χ0v) is 16.5. The van der Waals surface area contributed by atoms with Crippen LogP contribution < -0.4 is 10.1 Å². The van der Waals surface area contributed by atoms with Crippen LogP contribution in [0.1, 0.15) is 60.6 Å². The van der Waals surface area contributed by atoms with E-state index in [-0.39, 0.29) is 17.4 Å². The Labute approximate surface area is 160 Å². The molecule has 1 amide bonds. The van der Waals surface area contributed by atoms with Gasteiger partial charge in [0, 0.05) is 4.47 Å². The van der Waals surface area contributed by atoms with Crippen LogP contribution in [0.15, 0.2) is 46.9 Å². The summed E-state index contributed by atoms with van der Waals surface area (Å²) >= 11 is 3.25. The van der Waals surface area contributed by atoms with Gasteiger partial charge in [-0.25, -0.2) is 0 Å². The van der Waals surface area contributed by atoms with E-state index < -0.39 is 12.5 Å². The maximum Gasteiger partial charge on any atom is 0.387 e. The first kappa shape index (κ1) is 20.4. The number of alkyl halides is 2. The fourth-order valence-corrected chi connectivity index (χ4v) is 2.95. The van der Waals surface area contributed by atoms with Gasteiger partial charge in [-0.1, -0.05) is 54.0 Å². The van der Waals surface area contributed by atoms with Crippen LogP contribution in [0, 0.1) is 0 Å². The molecule has 2 rings (SSSR count). The van der Waals surface area contributed by atoms with Crippen molar-refractivity contribution < 1.29 is 18.3 Å². The van der Waals surface area contributed by atoms with Crippen molar-refractivity contribution >= 4 is 21.8 Å². The second kappa shape index (κ2) is 9.12. The van der Waals surface area contributed by atoms with Crippen molar-refractivity contribution in [3.8, 4) is 5.75 Å². The quantitative estimate of drug-likeness (QED) is 0.585. The van der Waals surface area contributed by atoms with Crippen LogP contribution in [0.3, 0.4) is 0 Å². The maximum absolute atomic E-state index is 12.6. The number of halogens is 3. The third-order valence-corrected chi connectivity index (χ3v) is 4.86. The van der Waals surface area contributed by atoms with Gasteiger partial charge in [-0.2, -0.15) is 8.78 Å². The SMILES string of the molecule is CC[C@H](C)c1ccc([C@H](C)NC(=O)c2cc(Br)ccc2OC(F)F)cc1. The molecule has 0 unspecified atom stereocenters. The summed E-state index contributed by atoms with van der Waals surface area (Å²) < 4.78 is 30.2. The Kier molecular flexibility index (Phi) is 7.14. The smallest absolute Gasteiger partial charge is 0.387 e. The van der Waals surface area contributed by atoms with Crippen LogP contribution in [0.2, 0.25) is 0 Å². The number of amides is 1. The number of benzene rings is 2. The minimum atomic E-state index is -2.99. The lowest BCUT2D eigenvalue weighted by atomic mass is 9.96. The monoisotopic (exact) mass is 425 g/mol. The zero-order chi connectivity index (χ0) is 19.3. The fourth-order valence-electron chi connectivity index (χ4n) is 2.59. The van der Waals surface area contributed by atoms with Crippen LogP contribution in [0.25, 0.3) is 0 Å². The largest absolute Gasteiger partial charge is 0.434 e. The van der Waals surface area contributed by atoms with Crippen LogP contribution in [-0.4, -0.2) is 12.5 Å². The maximum atomic E-state index is 12.6. The third-order valence-electron chi connectivity index (χ3n) is 4.37. The van der Waals surface area contributed by atoms with Crippen molar-refractivity contribution in [1.29, 1.82) is 0 Å². The highest BCUT2D eigenvalue weighted by Crippen LogP contribution is 2.26. The van der Waals surface area contributed by atoms with E-state index in [0.29, 0.717) is 10.4 Å². The highest BCUT2D eigenvalue weighted by Gasteiger charge is 2.18. The highest BCUT2D eigenvalue weighted by molar-refractivity contribution is 9.10. The summed E-state index contributed by atoms with van der Waals surface area (Å²) in [5, 5.41) is 2.83. The normalized spacial score (nSPS) is 13.3. The van der Waals surface area contributed by atoms with Gasteiger partial charge in [-0.05, 0) is 48.6 Å². The van der Waals surface area contributed by atoms with Gasteiger partial charge in [0.05, 0.1) is 11.6 Å². The molecule has 0 aliphatic carbocycles.